The van der Waals surface area contributed by atoms with E-state index >= 15 is 0 Å². The summed E-state index contributed by atoms with van der Waals surface area (Å²) in [5, 5.41) is 11.2. The highest BCUT2D eigenvalue weighted by atomic mass is 32.1. The van der Waals surface area contributed by atoms with Crippen LogP contribution in [0.3, 0.4) is 0 Å². The Bertz CT molecular complexity index is 969. The van der Waals surface area contributed by atoms with Gasteiger partial charge in [-0.3, -0.25) is 14.2 Å². The topological polar surface area (TPSA) is 76.4 Å². The lowest BCUT2D eigenvalue weighted by Crippen LogP contribution is -2.38. The summed E-state index contributed by atoms with van der Waals surface area (Å²) in [4.78, 5) is 37.1. The van der Waals surface area contributed by atoms with Gasteiger partial charge in [0.25, 0.3) is 11.1 Å². The predicted octanol–water partition coefficient (Wildman–Crippen LogP) is 2.07. The maximum absolute atomic E-state index is 12.8. The van der Waals surface area contributed by atoms with Gasteiger partial charge >= 0.3 is 5.97 Å². The molecule has 0 radical (unpaired) electrons. The van der Waals surface area contributed by atoms with Crippen LogP contribution in [0.15, 0.2) is 58.1 Å². The maximum atomic E-state index is 12.8. The van der Waals surface area contributed by atoms with E-state index in [1.807, 2.05) is 0 Å². The molecular formula is C17H13NO4S. The van der Waals surface area contributed by atoms with Crippen molar-refractivity contribution in [3.8, 4) is 0 Å². The van der Waals surface area contributed by atoms with Gasteiger partial charge in [-0.25, -0.2) is 4.79 Å². The zero-order valence-corrected chi connectivity index (χ0v) is 12.9. The Hall–Kier alpha value is -2.60. The molecule has 0 bridgehead atoms. The smallest absolute Gasteiger partial charge is 0.327 e. The molecule has 3 rings (SSSR count). The average Bonchev–Trinajstić information content (AvgIpc) is 2.65. The molecular weight excluding hydrogens is 314 g/mol. The van der Waals surface area contributed by atoms with E-state index in [0.29, 0.717) is 21.5 Å². The second-order valence-electron chi connectivity index (χ2n) is 5.11. The van der Waals surface area contributed by atoms with Crippen LogP contribution in [0.5, 0.6) is 0 Å². The molecule has 23 heavy (non-hydrogen) atoms. The van der Waals surface area contributed by atoms with Crippen LogP contribution in [-0.2, 0) is 4.79 Å². The molecule has 5 nitrogen and oxygen atoms in total. The van der Waals surface area contributed by atoms with Crippen LogP contribution in [0.4, 0.5) is 0 Å². The summed E-state index contributed by atoms with van der Waals surface area (Å²) < 4.78 is 0.792. The van der Waals surface area contributed by atoms with Crippen LogP contribution >= 0.6 is 12.6 Å². The Kier molecular flexibility index (Phi) is 3.92. The molecule has 0 aliphatic heterocycles. The molecule has 0 spiro atoms. The molecule has 0 aliphatic rings. The summed E-state index contributed by atoms with van der Waals surface area (Å²) >= 11 is 3.99. The number of rotatable bonds is 3. The van der Waals surface area contributed by atoms with E-state index in [0.717, 1.165) is 4.57 Å². The Morgan fingerprint density at radius 1 is 0.913 bits per heavy atom. The molecule has 1 atom stereocenters. The third-order valence-electron chi connectivity index (χ3n) is 3.81. The van der Waals surface area contributed by atoms with Crippen molar-refractivity contribution >= 4 is 40.1 Å². The molecule has 116 valence electrons. The Balaban J connectivity index is 2.68. The van der Waals surface area contributed by atoms with Crippen molar-refractivity contribution in [2.75, 3.05) is 5.75 Å². The van der Waals surface area contributed by atoms with E-state index in [4.69, 9.17) is 0 Å². The third kappa shape index (κ3) is 2.41. The minimum Gasteiger partial charge on any atom is -0.480 e. The van der Waals surface area contributed by atoms with Crippen LogP contribution < -0.4 is 11.1 Å². The van der Waals surface area contributed by atoms with Crippen LogP contribution in [0.1, 0.15) is 6.04 Å². The molecule has 0 aliphatic carbocycles. The van der Waals surface area contributed by atoms with Gasteiger partial charge in [-0.1, -0.05) is 36.4 Å². The number of hydrogen-bond acceptors (Lipinski definition) is 4. The monoisotopic (exact) mass is 327 g/mol. The van der Waals surface area contributed by atoms with E-state index in [2.05, 4.69) is 12.6 Å². The molecule has 0 saturated heterocycles. The van der Waals surface area contributed by atoms with E-state index in [1.165, 1.54) is 0 Å². The molecule has 0 fully saturated rings. The number of thiol groups is 1. The first-order valence-electron chi connectivity index (χ1n) is 6.96. The Morgan fingerprint density at radius 2 is 1.30 bits per heavy atom. The second kappa shape index (κ2) is 5.89. The normalized spacial score (nSPS) is 12.4. The molecule has 1 aromatic heterocycles. The molecule has 3 aromatic rings. The van der Waals surface area contributed by atoms with E-state index in [-0.39, 0.29) is 5.75 Å². The number of carboxylic acids is 1. The average molecular weight is 327 g/mol. The lowest BCUT2D eigenvalue weighted by atomic mass is 10.1. The van der Waals surface area contributed by atoms with Crippen molar-refractivity contribution in [2.45, 2.75) is 6.04 Å². The van der Waals surface area contributed by atoms with Crippen LogP contribution in [-0.4, -0.2) is 21.4 Å². The first-order chi connectivity index (χ1) is 11.1. The zero-order chi connectivity index (χ0) is 16.6. The highest BCUT2D eigenvalue weighted by Gasteiger charge is 2.23. The number of carbonyl (C=O) groups is 1. The number of nitrogens with zero attached hydrogens (tertiary/aromatic N) is 1. The summed E-state index contributed by atoms with van der Waals surface area (Å²) in [5.74, 6) is -1.42. The van der Waals surface area contributed by atoms with Gasteiger partial charge in [0.15, 0.2) is 0 Å². The highest BCUT2D eigenvalue weighted by Crippen LogP contribution is 2.20. The molecule has 1 heterocycles. The van der Waals surface area contributed by atoms with Crippen molar-refractivity contribution in [1.29, 1.82) is 0 Å². The number of aromatic nitrogens is 1. The summed E-state index contributed by atoms with van der Waals surface area (Å²) in [6, 6.07) is 12.3. The van der Waals surface area contributed by atoms with Gasteiger partial charge in [0.2, 0.25) is 0 Å². The summed E-state index contributed by atoms with van der Waals surface area (Å²) in [6.45, 7) is 0. The van der Waals surface area contributed by atoms with Gasteiger partial charge in [0, 0.05) is 16.5 Å². The standard InChI is InChI=1S/C17H13NO4S/c19-15-12-7-3-1-5-10(12)11-6-2-4-8-13(11)16(20)18(15)14(9-23)17(21)22/h1-8,14,23H,9H2,(H,21,22). The second-order valence-corrected chi connectivity index (χ2v) is 5.47. The van der Waals surface area contributed by atoms with Crippen molar-refractivity contribution in [3.63, 3.8) is 0 Å². The van der Waals surface area contributed by atoms with E-state index in [1.54, 1.807) is 48.5 Å². The lowest BCUT2D eigenvalue weighted by molar-refractivity contribution is -0.140. The van der Waals surface area contributed by atoms with Crippen LogP contribution in [0, 0.1) is 0 Å². The Labute approximate surface area is 136 Å². The van der Waals surface area contributed by atoms with Crippen molar-refractivity contribution in [2.24, 2.45) is 0 Å². The van der Waals surface area contributed by atoms with Gasteiger partial charge in [0.05, 0.1) is 0 Å². The fraction of sp³-hybridized carbons (Fsp3) is 0.118. The van der Waals surface area contributed by atoms with Gasteiger partial charge < -0.3 is 5.11 Å². The lowest BCUT2D eigenvalue weighted by Gasteiger charge is -2.10. The SMILES string of the molecule is O=C(O)C(CS)n1c(=O)c2ccccc2c2ccccc2c1=O. The third-order valence-corrected chi connectivity index (χ3v) is 4.16. The number of fused-ring (bicyclic) bond motifs is 3. The fourth-order valence-corrected chi connectivity index (χ4v) is 3.03. The zero-order valence-electron chi connectivity index (χ0n) is 12.0. The van der Waals surface area contributed by atoms with Crippen molar-refractivity contribution in [1.82, 2.24) is 4.57 Å². The van der Waals surface area contributed by atoms with Gasteiger partial charge in [-0.05, 0) is 22.9 Å². The Morgan fingerprint density at radius 3 is 1.65 bits per heavy atom. The fourth-order valence-electron chi connectivity index (χ4n) is 2.71. The minimum absolute atomic E-state index is 0.156. The number of hydrogen-bond donors (Lipinski definition) is 2. The number of benzene rings is 2. The highest BCUT2D eigenvalue weighted by molar-refractivity contribution is 7.80. The quantitative estimate of drug-likeness (QED) is 0.722. The molecule has 1 N–H and O–H groups in total. The molecule has 6 heteroatoms. The van der Waals surface area contributed by atoms with E-state index in [9.17, 15) is 19.5 Å². The van der Waals surface area contributed by atoms with Crippen molar-refractivity contribution < 1.29 is 9.90 Å². The van der Waals surface area contributed by atoms with E-state index < -0.39 is 23.1 Å². The molecule has 1 unspecified atom stereocenters. The van der Waals surface area contributed by atoms with Gasteiger partial charge in [-0.15, -0.1) is 0 Å². The number of carboxylic acid groups (broad SMARTS) is 1. The van der Waals surface area contributed by atoms with Crippen LogP contribution in [0.25, 0.3) is 21.5 Å². The molecule has 0 amide bonds. The first kappa shape index (κ1) is 15.3. The number of aliphatic carboxylic acids is 1. The molecule has 2 aromatic carbocycles. The summed E-state index contributed by atoms with van der Waals surface area (Å²) in [6.07, 6.45) is 0. The largest absolute Gasteiger partial charge is 0.480 e. The maximum Gasteiger partial charge on any atom is 0.327 e. The predicted molar refractivity (Wildman–Crippen MR) is 92.5 cm³/mol. The summed E-state index contributed by atoms with van der Waals surface area (Å²) in [5.41, 5.74) is -1.24. The minimum atomic E-state index is -1.32. The first-order valence-corrected chi connectivity index (χ1v) is 7.59. The summed E-state index contributed by atoms with van der Waals surface area (Å²) in [7, 11) is 0. The van der Waals surface area contributed by atoms with Gasteiger partial charge in [-0.2, -0.15) is 12.6 Å². The van der Waals surface area contributed by atoms with Crippen molar-refractivity contribution in [3.05, 3.63) is 69.2 Å². The molecule has 0 saturated carbocycles. The van der Waals surface area contributed by atoms with Crippen LogP contribution in [0.2, 0.25) is 0 Å². The van der Waals surface area contributed by atoms with Gasteiger partial charge in [0.1, 0.15) is 6.04 Å².